The van der Waals surface area contributed by atoms with Crippen molar-refractivity contribution < 1.29 is 15.0 Å². The van der Waals surface area contributed by atoms with Crippen LogP contribution < -0.4 is 0 Å². The quantitative estimate of drug-likeness (QED) is 0.884. The third-order valence-electron chi connectivity index (χ3n) is 4.60. The molecule has 3 rings (SSSR count). The predicted molar refractivity (Wildman–Crippen MR) is 92.6 cm³/mol. The van der Waals surface area contributed by atoms with Gasteiger partial charge in [0.05, 0.1) is 13.2 Å². The minimum atomic E-state index is -1.11. The second-order valence-corrected chi connectivity index (χ2v) is 7.32. The van der Waals surface area contributed by atoms with Gasteiger partial charge in [0.1, 0.15) is 5.60 Å². The number of rotatable bonds is 5. The van der Waals surface area contributed by atoms with Crippen molar-refractivity contribution >= 4 is 27.3 Å². The Balaban J connectivity index is 1.53. The lowest BCUT2D eigenvalue weighted by molar-refractivity contribution is -0.140. The van der Waals surface area contributed by atoms with Crippen LogP contribution in [0.25, 0.3) is 10.1 Å². The molecule has 1 fully saturated rings. The number of benzene rings is 1. The molecule has 0 radical (unpaired) electrons. The highest BCUT2D eigenvalue weighted by Crippen LogP contribution is 2.27. The average molecular weight is 333 g/mol. The van der Waals surface area contributed by atoms with Gasteiger partial charge in [-0.3, -0.25) is 4.79 Å². The Morgan fingerprint density at radius 3 is 3.00 bits per heavy atom. The highest BCUT2D eigenvalue weighted by Gasteiger charge is 2.34. The third-order valence-corrected chi connectivity index (χ3v) is 5.61. The monoisotopic (exact) mass is 333 g/mol. The largest absolute Gasteiger partial charge is 0.393 e. The Kier molecular flexibility index (Phi) is 4.99. The Hall–Kier alpha value is -1.43. The fourth-order valence-electron chi connectivity index (χ4n) is 3.27. The van der Waals surface area contributed by atoms with Crippen molar-refractivity contribution in [2.24, 2.45) is 0 Å². The van der Waals surface area contributed by atoms with Gasteiger partial charge in [-0.1, -0.05) is 18.2 Å². The summed E-state index contributed by atoms with van der Waals surface area (Å²) in [5.74, 6) is 0.0797. The van der Waals surface area contributed by atoms with E-state index in [0.717, 1.165) is 19.3 Å². The highest BCUT2D eigenvalue weighted by molar-refractivity contribution is 7.17. The molecule has 0 bridgehead atoms. The molecule has 1 aromatic heterocycles. The molecule has 4 nitrogen and oxygen atoms in total. The number of hydrogen-bond acceptors (Lipinski definition) is 4. The predicted octanol–water partition coefficient (Wildman–Crippen LogP) is 2.57. The molecule has 1 amide bonds. The lowest BCUT2D eigenvalue weighted by Crippen LogP contribution is -2.52. The number of nitrogens with zero attached hydrogens (tertiary/aromatic N) is 1. The highest BCUT2D eigenvalue weighted by atomic mass is 32.1. The van der Waals surface area contributed by atoms with Crippen LogP contribution in [0.15, 0.2) is 29.6 Å². The summed E-state index contributed by atoms with van der Waals surface area (Å²) in [4.78, 5) is 14.0. The maximum atomic E-state index is 12.3. The van der Waals surface area contributed by atoms with Crippen molar-refractivity contribution in [3.8, 4) is 0 Å². The summed E-state index contributed by atoms with van der Waals surface area (Å²) in [6.45, 7) is 0.657. The zero-order valence-corrected chi connectivity index (χ0v) is 14.0. The number of thiophene rings is 1. The van der Waals surface area contributed by atoms with Crippen LogP contribution in [0, 0.1) is 0 Å². The van der Waals surface area contributed by atoms with Gasteiger partial charge in [0.15, 0.2) is 0 Å². The average Bonchev–Trinajstić information content (AvgIpc) is 2.98. The Morgan fingerprint density at radius 1 is 1.35 bits per heavy atom. The van der Waals surface area contributed by atoms with E-state index in [9.17, 15) is 15.0 Å². The van der Waals surface area contributed by atoms with Crippen molar-refractivity contribution in [1.29, 1.82) is 0 Å². The number of β-amino-alcohol motifs (C(OH)–C–C–N with tert-alkyl or cyclic N) is 1. The second kappa shape index (κ2) is 6.99. The number of hydrogen-bond donors (Lipinski definition) is 2. The van der Waals surface area contributed by atoms with Crippen molar-refractivity contribution in [3.05, 3.63) is 35.2 Å². The van der Waals surface area contributed by atoms with Crippen LogP contribution in [-0.4, -0.2) is 46.3 Å². The minimum absolute atomic E-state index is 0.0797. The van der Waals surface area contributed by atoms with E-state index >= 15 is 0 Å². The number of aliphatic hydroxyl groups excluding tert-OH is 1. The van der Waals surface area contributed by atoms with Gasteiger partial charge in [-0.25, -0.2) is 0 Å². The molecule has 124 valence electrons. The van der Waals surface area contributed by atoms with Crippen molar-refractivity contribution in [2.45, 2.75) is 37.7 Å². The molecule has 23 heavy (non-hydrogen) atoms. The molecular formula is C18H23NO3S. The zero-order chi connectivity index (χ0) is 16.3. The van der Waals surface area contributed by atoms with Crippen molar-refractivity contribution in [2.75, 3.05) is 19.7 Å². The molecule has 2 heterocycles. The van der Waals surface area contributed by atoms with E-state index in [4.69, 9.17) is 0 Å². The van der Waals surface area contributed by atoms with E-state index in [1.807, 2.05) is 12.1 Å². The van der Waals surface area contributed by atoms with Crippen LogP contribution in [0.4, 0.5) is 0 Å². The molecule has 0 aliphatic carbocycles. The molecule has 2 N–H and O–H groups in total. The smallest absolute Gasteiger partial charge is 0.222 e. The van der Waals surface area contributed by atoms with E-state index in [1.54, 1.807) is 16.2 Å². The van der Waals surface area contributed by atoms with E-state index in [-0.39, 0.29) is 19.1 Å². The second-order valence-electron chi connectivity index (χ2n) is 6.41. The summed E-state index contributed by atoms with van der Waals surface area (Å²) in [6.07, 6.45) is 3.51. The number of piperidine rings is 1. The summed E-state index contributed by atoms with van der Waals surface area (Å²) < 4.78 is 1.29. The molecule has 1 aliphatic heterocycles. The first-order valence-electron chi connectivity index (χ1n) is 8.17. The minimum Gasteiger partial charge on any atom is -0.393 e. The molecule has 1 unspecified atom stereocenters. The van der Waals surface area contributed by atoms with E-state index in [0.29, 0.717) is 19.4 Å². The lowest BCUT2D eigenvalue weighted by atomic mass is 9.93. The van der Waals surface area contributed by atoms with E-state index in [2.05, 4.69) is 17.5 Å². The Labute approximate surface area is 140 Å². The molecule has 0 saturated carbocycles. The van der Waals surface area contributed by atoms with Crippen LogP contribution in [0.1, 0.15) is 31.2 Å². The fourth-order valence-corrected chi connectivity index (χ4v) is 4.27. The molecule has 1 atom stereocenters. The third kappa shape index (κ3) is 3.74. The lowest BCUT2D eigenvalue weighted by Gasteiger charge is -2.38. The number of fused-ring (bicyclic) bond motifs is 1. The molecule has 1 saturated heterocycles. The van der Waals surface area contributed by atoms with Gasteiger partial charge in [-0.15, -0.1) is 11.3 Å². The van der Waals surface area contributed by atoms with Gasteiger partial charge in [0.25, 0.3) is 0 Å². The first-order valence-corrected chi connectivity index (χ1v) is 9.05. The first-order chi connectivity index (χ1) is 11.1. The summed E-state index contributed by atoms with van der Waals surface area (Å²) in [5.41, 5.74) is 0.196. The molecular weight excluding hydrogens is 310 g/mol. The summed E-state index contributed by atoms with van der Waals surface area (Å²) in [5, 5.41) is 22.9. The molecule has 1 aromatic carbocycles. The van der Waals surface area contributed by atoms with Gasteiger partial charge < -0.3 is 15.1 Å². The Bertz CT molecular complexity index is 684. The maximum absolute atomic E-state index is 12.3. The standard InChI is InChI=1S/C18H23NO3S/c20-13-18(22)9-4-10-19(12-18)17(21)8-3-5-14-11-23-16-7-2-1-6-15(14)16/h1-2,6-7,11,20,22H,3-5,8-10,12-13H2. The molecule has 5 heteroatoms. The van der Waals surface area contributed by atoms with Crippen LogP contribution in [0.2, 0.25) is 0 Å². The number of carbonyl (C=O) groups is 1. The number of aliphatic hydroxyl groups is 2. The summed E-state index contributed by atoms with van der Waals surface area (Å²) >= 11 is 1.75. The van der Waals surface area contributed by atoms with Gasteiger partial charge in [-0.2, -0.15) is 0 Å². The first kappa shape index (κ1) is 16.4. The Morgan fingerprint density at radius 2 is 2.17 bits per heavy atom. The molecule has 2 aromatic rings. The van der Waals surface area contributed by atoms with Crippen LogP contribution >= 0.6 is 11.3 Å². The molecule has 1 aliphatic rings. The van der Waals surface area contributed by atoms with Gasteiger partial charge >= 0.3 is 0 Å². The van der Waals surface area contributed by atoms with Gasteiger partial charge in [0, 0.05) is 17.7 Å². The number of aryl methyl sites for hydroxylation is 1. The number of likely N-dealkylation sites (tertiary alicyclic amines) is 1. The van der Waals surface area contributed by atoms with E-state index in [1.165, 1.54) is 15.6 Å². The molecule has 0 spiro atoms. The van der Waals surface area contributed by atoms with Crippen LogP contribution in [0.3, 0.4) is 0 Å². The number of amides is 1. The fraction of sp³-hybridized carbons (Fsp3) is 0.500. The van der Waals surface area contributed by atoms with Gasteiger partial charge in [-0.05, 0) is 48.1 Å². The van der Waals surface area contributed by atoms with Gasteiger partial charge in [0.2, 0.25) is 5.91 Å². The van der Waals surface area contributed by atoms with Crippen molar-refractivity contribution in [1.82, 2.24) is 4.90 Å². The van der Waals surface area contributed by atoms with Crippen LogP contribution in [-0.2, 0) is 11.2 Å². The zero-order valence-electron chi connectivity index (χ0n) is 13.2. The van der Waals surface area contributed by atoms with Crippen LogP contribution in [0.5, 0.6) is 0 Å². The SMILES string of the molecule is O=C(CCCc1csc2ccccc12)N1CCCC(O)(CO)C1. The summed E-state index contributed by atoms with van der Waals surface area (Å²) in [7, 11) is 0. The van der Waals surface area contributed by atoms with E-state index < -0.39 is 5.60 Å². The normalized spacial score (nSPS) is 21.7. The van der Waals surface area contributed by atoms with Crippen molar-refractivity contribution in [3.63, 3.8) is 0 Å². The maximum Gasteiger partial charge on any atom is 0.222 e. The topological polar surface area (TPSA) is 60.8 Å². The summed E-state index contributed by atoms with van der Waals surface area (Å²) in [6, 6.07) is 8.35. The number of carbonyl (C=O) groups excluding carboxylic acids is 1.